The van der Waals surface area contributed by atoms with Crippen LogP contribution in [0.3, 0.4) is 0 Å². The van der Waals surface area contributed by atoms with Gasteiger partial charge in [-0.15, -0.1) is 0 Å². The molecule has 4 nitrogen and oxygen atoms in total. The zero-order chi connectivity index (χ0) is 13.1. The average Bonchev–Trinajstić information content (AvgIpc) is 2.25. The van der Waals surface area contributed by atoms with Gasteiger partial charge in [-0.2, -0.15) is 0 Å². The number of carbonyl (C=O) groups is 1. The second kappa shape index (κ2) is 10.5. The zero-order valence-corrected chi connectivity index (χ0v) is 11.5. The lowest BCUT2D eigenvalue weighted by atomic mass is 10.2. The Bertz CT molecular complexity index is 192. The summed E-state index contributed by atoms with van der Waals surface area (Å²) >= 11 is 0. The number of ether oxygens (including phenoxy) is 3. The Hall–Kier alpha value is -0.610. The fraction of sp³-hybridized carbons (Fsp3) is 0.923. The van der Waals surface area contributed by atoms with Gasteiger partial charge >= 0.3 is 5.97 Å². The van der Waals surface area contributed by atoms with Gasteiger partial charge in [-0.1, -0.05) is 13.3 Å². The summed E-state index contributed by atoms with van der Waals surface area (Å²) in [6.45, 7) is 9.40. The number of hydrogen-bond donors (Lipinski definition) is 0. The lowest BCUT2D eigenvalue weighted by molar-refractivity contribution is -0.151. The molecule has 17 heavy (non-hydrogen) atoms. The highest BCUT2D eigenvalue weighted by Gasteiger charge is 2.08. The van der Waals surface area contributed by atoms with E-state index in [4.69, 9.17) is 14.2 Å². The third kappa shape index (κ3) is 11.6. The molecular formula is C13H26O4. The maximum absolute atomic E-state index is 11.3. The van der Waals surface area contributed by atoms with E-state index in [0.717, 1.165) is 12.8 Å². The van der Waals surface area contributed by atoms with E-state index < -0.39 is 0 Å². The van der Waals surface area contributed by atoms with Crippen molar-refractivity contribution in [2.75, 3.05) is 19.8 Å². The van der Waals surface area contributed by atoms with E-state index in [1.54, 1.807) is 0 Å². The predicted octanol–water partition coefficient (Wildman–Crippen LogP) is 2.55. The van der Waals surface area contributed by atoms with Crippen LogP contribution in [0, 0.1) is 0 Å². The van der Waals surface area contributed by atoms with Crippen LogP contribution in [-0.2, 0) is 19.0 Å². The minimum Gasteiger partial charge on any atom is -0.460 e. The van der Waals surface area contributed by atoms with E-state index in [2.05, 4.69) is 6.92 Å². The van der Waals surface area contributed by atoms with Crippen LogP contribution < -0.4 is 0 Å². The topological polar surface area (TPSA) is 44.8 Å². The molecule has 0 heterocycles. The Morgan fingerprint density at radius 2 is 1.88 bits per heavy atom. The summed E-state index contributed by atoms with van der Waals surface area (Å²) in [5, 5.41) is 0. The van der Waals surface area contributed by atoms with Gasteiger partial charge in [0.25, 0.3) is 0 Å². The van der Waals surface area contributed by atoms with Crippen LogP contribution in [-0.4, -0.2) is 38.0 Å². The molecule has 102 valence electrons. The smallest absolute Gasteiger partial charge is 0.306 e. The summed E-state index contributed by atoms with van der Waals surface area (Å²) < 4.78 is 15.8. The maximum Gasteiger partial charge on any atom is 0.306 e. The van der Waals surface area contributed by atoms with Gasteiger partial charge in [-0.25, -0.2) is 0 Å². The lowest BCUT2D eigenvalue weighted by Gasteiger charge is -2.14. The maximum atomic E-state index is 11.3. The quantitative estimate of drug-likeness (QED) is 0.439. The monoisotopic (exact) mass is 246 g/mol. The fourth-order valence-electron chi connectivity index (χ4n) is 1.23. The first-order chi connectivity index (χ1) is 8.06. The lowest BCUT2D eigenvalue weighted by Crippen LogP contribution is -2.21. The third-order valence-electron chi connectivity index (χ3n) is 2.10. The highest BCUT2D eigenvalue weighted by atomic mass is 16.6. The van der Waals surface area contributed by atoms with Crippen molar-refractivity contribution in [2.45, 2.75) is 59.2 Å². The molecule has 1 atom stereocenters. The third-order valence-corrected chi connectivity index (χ3v) is 2.10. The molecule has 4 heteroatoms. The van der Waals surface area contributed by atoms with Gasteiger partial charge in [0.1, 0.15) is 6.10 Å². The molecule has 0 amide bonds. The average molecular weight is 246 g/mol. The highest BCUT2D eigenvalue weighted by molar-refractivity contribution is 5.69. The molecule has 0 aliphatic rings. The molecule has 1 unspecified atom stereocenters. The van der Waals surface area contributed by atoms with Gasteiger partial charge in [0.15, 0.2) is 0 Å². The molecule has 0 saturated carbocycles. The van der Waals surface area contributed by atoms with Gasteiger partial charge in [0.2, 0.25) is 0 Å². The Morgan fingerprint density at radius 1 is 1.18 bits per heavy atom. The predicted molar refractivity (Wildman–Crippen MR) is 67.0 cm³/mol. The van der Waals surface area contributed by atoms with E-state index in [-0.39, 0.29) is 18.2 Å². The molecule has 0 fully saturated rings. The van der Waals surface area contributed by atoms with Crippen molar-refractivity contribution >= 4 is 5.97 Å². The first-order valence-corrected chi connectivity index (χ1v) is 6.45. The first kappa shape index (κ1) is 16.4. The minimum absolute atomic E-state index is 0.138. The van der Waals surface area contributed by atoms with Gasteiger partial charge in [0.05, 0.1) is 25.9 Å². The SMILES string of the molecule is CCCCC(=O)OC(C)COCCOC(C)C. The van der Waals surface area contributed by atoms with Crippen LogP contribution >= 0.6 is 0 Å². The Labute approximate surface area is 105 Å². The molecule has 0 aliphatic carbocycles. The van der Waals surface area contributed by atoms with Crippen LogP contribution in [0.25, 0.3) is 0 Å². The van der Waals surface area contributed by atoms with Crippen molar-refractivity contribution in [3.63, 3.8) is 0 Å². The molecular weight excluding hydrogens is 220 g/mol. The summed E-state index contributed by atoms with van der Waals surface area (Å²) in [6.07, 6.45) is 2.43. The molecule has 0 aromatic rings. The van der Waals surface area contributed by atoms with Crippen LogP contribution in [0.5, 0.6) is 0 Å². The molecule has 0 radical (unpaired) electrons. The highest BCUT2D eigenvalue weighted by Crippen LogP contribution is 2.00. The van der Waals surface area contributed by atoms with E-state index in [1.807, 2.05) is 20.8 Å². The van der Waals surface area contributed by atoms with Gasteiger partial charge in [0, 0.05) is 6.42 Å². The summed E-state index contributed by atoms with van der Waals surface area (Å²) in [7, 11) is 0. The van der Waals surface area contributed by atoms with E-state index in [0.29, 0.717) is 26.2 Å². The fourth-order valence-corrected chi connectivity index (χ4v) is 1.23. The van der Waals surface area contributed by atoms with Gasteiger partial charge in [-0.05, 0) is 27.2 Å². The van der Waals surface area contributed by atoms with Crippen molar-refractivity contribution in [3.05, 3.63) is 0 Å². The number of esters is 1. The molecule has 0 bridgehead atoms. The van der Waals surface area contributed by atoms with E-state index in [9.17, 15) is 4.79 Å². The summed E-state index contributed by atoms with van der Waals surface area (Å²) in [5.41, 5.74) is 0. The first-order valence-electron chi connectivity index (χ1n) is 6.45. The van der Waals surface area contributed by atoms with Gasteiger partial charge < -0.3 is 14.2 Å². The van der Waals surface area contributed by atoms with E-state index >= 15 is 0 Å². The second-order valence-electron chi connectivity index (χ2n) is 4.40. The van der Waals surface area contributed by atoms with Crippen molar-refractivity contribution in [2.24, 2.45) is 0 Å². The Morgan fingerprint density at radius 3 is 2.47 bits per heavy atom. The summed E-state index contributed by atoms with van der Waals surface area (Å²) in [6, 6.07) is 0. The van der Waals surface area contributed by atoms with Crippen LogP contribution in [0.15, 0.2) is 0 Å². The normalized spacial score (nSPS) is 12.8. The van der Waals surface area contributed by atoms with Crippen molar-refractivity contribution in [3.8, 4) is 0 Å². The van der Waals surface area contributed by atoms with Gasteiger partial charge in [-0.3, -0.25) is 4.79 Å². The van der Waals surface area contributed by atoms with Crippen molar-refractivity contribution < 1.29 is 19.0 Å². The Balaban J connectivity index is 3.39. The summed E-state index contributed by atoms with van der Waals surface area (Å²) in [5.74, 6) is -0.138. The van der Waals surface area contributed by atoms with Crippen molar-refractivity contribution in [1.82, 2.24) is 0 Å². The molecule has 0 N–H and O–H groups in total. The zero-order valence-electron chi connectivity index (χ0n) is 11.5. The van der Waals surface area contributed by atoms with Crippen LogP contribution in [0.2, 0.25) is 0 Å². The molecule has 0 saturated heterocycles. The largest absolute Gasteiger partial charge is 0.460 e. The molecule has 0 aromatic carbocycles. The van der Waals surface area contributed by atoms with Crippen molar-refractivity contribution in [1.29, 1.82) is 0 Å². The van der Waals surface area contributed by atoms with Crippen LogP contribution in [0.1, 0.15) is 47.0 Å². The minimum atomic E-state index is -0.182. The van der Waals surface area contributed by atoms with E-state index in [1.165, 1.54) is 0 Å². The molecule has 0 spiro atoms. The second-order valence-corrected chi connectivity index (χ2v) is 4.40. The molecule has 0 aliphatic heterocycles. The number of rotatable bonds is 10. The molecule has 0 aromatic heterocycles. The van der Waals surface area contributed by atoms with Crippen LogP contribution in [0.4, 0.5) is 0 Å². The number of unbranched alkanes of at least 4 members (excludes halogenated alkanes) is 1. The number of hydrogen-bond acceptors (Lipinski definition) is 4. The standard InChI is InChI=1S/C13H26O4/c1-5-6-7-13(14)17-12(4)10-15-8-9-16-11(2)3/h11-12H,5-10H2,1-4H3. The Kier molecular flexibility index (Phi) is 10.2. The number of carbonyl (C=O) groups excluding carboxylic acids is 1. The summed E-state index contributed by atoms with van der Waals surface area (Å²) in [4.78, 5) is 11.3. The molecule has 0 rings (SSSR count).